The van der Waals surface area contributed by atoms with E-state index in [0.717, 1.165) is 32.1 Å². The first-order chi connectivity index (χ1) is 13.0. The van der Waals surface area contributed by atoms with E-state index in [1.54, 1.807) is 7.05 Å². The maximum Gasteiger partial charge on any atom is 0.223 e. The smallest absolute Gasteiger partial charge is 0.223 e. The number of rotatable bonds is 2. The van der Waals surface area contributed by atoms with Gasteiger partial charge in [0.1, 0.15) is 0 Å². The fourth-order valence-electron chi connectivity index (χ4n) is 4.78. The Labute approximate surface area is 162 Å². The lowest BCUT2D eigenvalue weighted by Gasteiger charge is -2.45. The van der Waals surface area contributed by atoms with E-state index in [9.17, 15) is 9.00 Å². The number of hydrogen-bond donors (Lipinski definition) is 0. The van der Waals surface area contributed by atoms with Crippen LogP contribution >= 0.6 is 0 Å². The minimum atomic E-state index is -2.05. The second-order valence-electron chi connectivity index (χ2n) is 8.29. The highest BCUT2D eigenvalue weighted by Gasteiger charge is 2.42. The van der Waals surface area contributed by atoms with Gasteiger partial charge in [0.25, 0.3) is 0 Å². The number of carbonyl (C=O) groups is 1. The van der Waals surface area contributed by atoms with E-state index in [4.69, 9.17) is 4.74 Å². The first-order valence-electron chi connectivity index (χ1n) is 10.1. The summed E-state index contributed by atoms with van der Waals surface area (Å²) in [7, 11) is -0.398. The van der Waals surface area contributed by atoms with Crippen LogP contribution in [0.1, 0.15) is 36.8 Å². The number of nitrogens with zero attached hydrogens (tertiary/aromatic N) is 2. The standard InChI is InChI=1S/C21H30N2O3S/c1-22-27(25)12-8-21(9-13-27)16-23(10-11-26-21)20(24)15-17-6-7-18-4-2-3-5-19(18)14-17/h2-5,17H,6-16H2,1H3. The summed E-state index contributed by atoms with van der Waals surface area (Å²) < 4.78 is 22.7. The molecule has 3 aliphatic rings. The summed E-state index contributed by atoms with van der Waals surface area (Å²) >= 11 is 0. The highest BCUT2D eigenvalue weighted by molar-refractivity contribution is 7.93. The Bertz CT molecular complexity index is 814. The fraction of sp³-hybridized carbons (Fsp3) is 0.667. The van der Waals surface area contributed by atoms with E-state index >= 15 is 0 Å². The van der Waals surface area contributed by atoms with Crippen LogP contribution in [-0.4, -0.2) is 58.9 Å². The van der Waals surface area contributed by atoms with E-state index in [1.165, 1.54) is 11.1 Å². The number of fused-ring (bicyclic) bond motifs is 1. The molecule has 1 aromatic carbocycles. The summed E-state index contributed by atoms with van der Waals surface area (Å²) in [6, 6.07) is 8.61. The zero-order valence-corrected chi connectivity index (χ0v) is 17.0. The minimum Gasteiger partial charge on any atom is -0.371 e. The highest BCUT2D eigenvalue weighted by atomic mass is 32.2. The van der Waals surface area contributed by atoms with Crippen molar-refractivity contribution in [1.29, 1.82) is 0 Å². The third kappa shape index (κ3) is 4.06. The molecule has 27 heavy (non-hydrogen) atoms. The molecule has 2 aliphatic heterocycles. The number of morpholine rings is 1. The molecule has 4 rings (SSSR count). The van der Waals surface area contributed by atoms with Crippen LogP contribution in [0.25, 0.3) is 0 Å². The number of carbonyl (C=O) groups excluding carboxylic acids is 1. The molecule has 1 atom stereocenters. The van der Waals surface area contributed by atoms with Crippen molar-refractivity contribution in [2.45, 2.75) is 44.1 Å². The van der Waals surface area contributed by atoms with E-state index in [0.29, 0.717) is 43.5 Å². The van der Waals surface area contributed by atoms with Crippen LogP contribution < -0.4 is 0 Å². The Kier molecular flexibility index (Phi) is 5.30. The van der Waals surface area contributed by atoms with Crippen LogP contribution in [0.5, 0.6) is 0 Å². The molecule has 6 heteroatoms. The van der Waals surface area contributed by atoms with Crippen molar-refractivity contribution in [3.05, 3.63) is 35.4 Å². The predicted molar refractivity (Wildman–Crippen MR) is 107 cm³/mol. The first kappa shape index (κ1) is 18.9. The molecular weight excluding hydrogens is 360 g/mol. The number of amides is 1. The van der Waals surface area contributed by atoms with Crippen LogP contribution in [-0.2, 0) is 32.1 Å². The van der Waals surface area contributed by atoms with Gasteiger partial charge in [-0.15, -0.1) is 0 Å². The van der Waals surface area contributed by atoms with Gasteiger partial charge in [0.2, 0.25) is 5.91 Å². The van der Waals surface area contributed by atoms with Crippen LogP contribution in [0.4, 0.5) is 0 Å². The molecule has 148 valence electrons. The maximum absolute atomic E-state index is 13.0. The number of benzene rings is 1. The van der Waals surface area contributed by atoms with Crippen LogP contribution in [0, 0.1) is 5.92 Å². The molecule has 2 saturated heterocycles. The Morgan fingerprint density at radius 2 is 2.04 bits per heavy atom. The zero-order valence-electron chi connectivity index (χ0n) is 16.2. The Morgan fingerprint density at radius 1 is 1.30 bits per heavy atom. The summed E-state index contributed by atoms with van der Waals surface area (Å²) in [6.45, 7) is 1.91. The molecule has 2 fully saturated rings. The lowest BCUT2D eigenvalue weighted by molar-refractivity contribution is -0.153. The van der Waals surface area contributed by atoms with Crippen molar-refractivity contribution < 1.29 is 13.7 Å². The lowest BCUT2D eigenvalue weighted by atomic mass is 9.82. The molecular formula is C21H30N2O3S. The fourth-order valence-corrected chi connectivity index (χ4v) is 6.74. The molecule has 0 N–H and O–H groups in total. The van der Waals surface area contributed by atoms with E-state index in [2.05, 4.69) is 28.6 Å². The zero-order chi connectivity index (χ0) is 18.9. The second-order valence-corrected chi connectivity index (χ2v) is 11.0. The van der Waals surface area contributed by atoms with Crippen LogP contribution in [0.3, 0.4) is 0 Å². The van der Waals surface area contributed by atoms with E-state index < -0.39 is 9.73 Å². The monoisotopic (exact) mass is 390 g/mol. The summed E-state index contributed by atoms with van der Waals surface area (Å²) in [5.41, 5.74) is 2.54. The SMILES string of the molecule is CN=S1(=O)CCC2(CC1)CN(C(=O)CC1CCc3ccccc3C1)CCO2. The molecule has 0 bridgehead atoms. The van der Waals surface area contributed by atoms with Gasteiger partial charge in [0.05, 0.1) is 12.2 Å². The molecule has 1 spiro atoms. The van der Waals surface area contributed by atoms with Gasteiger partial charge in [-0.25, -0.2) is 8.57 Å². The average molecular weight is 391 g/mol. The molecule has 1 aliphatic carbocycles. The summed E-state index contributed by atoms with van der Waals surface area (Å²) in [6.07, 6.45) is 5.30. The van der Waals surface area contributed by atoms with Gasteiger partial charge in [-0.2, -0.15) is 0 Å². The highest BCUT2D eigenvalue weighted by Crippen LogP contribution is 2.33. The van der Waals surface area contributed by atoms with Gasteiger partial charge in [0, 0.05) is 47.8 Å². The largest absolute Gasteiger partial charge is 0.371 e. The van der Waals surface area contributed by atoms with Crippen LogP contribution in [0.15, 0.2) is 28.6 Å². The molecule has 1 aromatic rings. The van der Waals surface area contributed by atoms with Crippen molar-refractivity contribution >= 4 is 15.6 Å². The molecule has 0 saturated carbocycles. The van der Waals surface area contributed by atoms with Crippen molar-refractivity contribution in [3.63, 3.8) is 0 Å². The summed E-state index contributed by atoms with van der Waals surface area (Å²) in [4.78, 5) is 15.0. The van der Waals surface area contributed by atoms with Gasteiger partial charge in [-0.3, -0.25) is 4.79 Å². The molecule has 1 unspecified atom stereocenters. The molecule has 0 aromatic heterocycles. The number of aryl methyl sites for hydroxylation is 1. The predicted octanol–water partition coefficient (Wildman–Crippen LogP) is 2.67. The molecule has 2 heterocycles. The normalized spacial score (nSPS) is 33.5. The van der Waals surface area contributed by atoms with Crippen molar-refractivity contribution in [2.75, 3.05) is 38.2 Å². The van der Waals surface area contributed by atoms with Gasteiger partial charge >= 0.3 is 0 Å². The Balaban J connectivity index is 1.36. The number of ether oxygens (including phenoxy) is 1. The molecule has 1 amide bonds. The van der Waals surface area contributed by atoms with Crippen molar-refractivity contribution in [2.24, 2.45) is 10.3 Å². The summed E-state index contributed by atoms with van der Waals surface area (Å²) in [5, 5.41) is 0. The van der Waals surface area contributed by atoms with Crippen molar-refractivity contribution in [1.82, 2.24) is 4.90 Å². The van der Waals surface area contributed by atoms with Crippen LogP contribution in [0.2, 0.25) is 0 Å². The molecule has 0 radical (unpaired) electrons. The average Bonchev–Trinajstić information content (AvgIpc) is 2.71. The lowest BCUT2D eigenvalue weighted by Crippen LogP contribution is -2.56. The Hall–Kier alpha value is -1.40. The van der Waals surface area contributed by atoms with E-state index in [1.807, 2.05) is 4.90 Å². The van der Waals surface area contributed by atoms with Gasteiger partial charge in [0.15, 0.2) is 0 Å². The number of hydrogen-bond acceptors (Lipinski definition) is 4. The van der Waals surface area contributed by atoms with Gasteiger partial charge in [-0.05, 0) is 49.1 Å². The quantitative estimate of drug-likeness (QED) is 0.780. The van der Waals surface area contributed by atoms with E-state index in [-0.39, 0.29) is 11.5 Å². The third-order valence-electron chi connectivity index (χ3n) is 6.60. The van der Waals surface area contributed by atoms with Crippen molar-refractivity contribution in [3.8, 4) is 0 Å². The Morgan fingerprint density at radius 3 is 2.78 bits per heavy atom. The molecule has 5 nitrogen and oxygen atoms in total. The third-order valence-corrected chi connectivity index (χ3v) is 8.95. The minimum absolute atomic E-state index is 0.258. The van der Waals surface area contributed by atoms with Gasteiger partial charge in [-0.1, -0.05) is 24.3 Å². The topological polar surface area (TPSA) is 59.0 Å². The second kappa shape index (κ2) is 7.55. The maximum atomic E-state index is 13.0. The first-order valence-corrected chi connectivity index (χ1v) is 12.0. The van der Waals surface area contributed by atoms with Gasteiger partial charge < -0.3 is 9.64 Å². The summed E-state index contributed by atoms with van der Waals surface area (Å²) in [5.74, 6) is 1.87.